The number of esters is 1. The second-order valence-electron chi connectivity index (χ2n) is 7.11. The standard InChI is InChI=1S/C21H20N2O4/c1-3-12-11-27-20(25)21(19(24)26-2)15(12)10-16-18-14(8-9-22-16)13-6-4-5-7-17(13)23(18)21/h3-9,15,20,25H,10-11H2,1-2H3. The van der Waals surface area contributed by atoms with Crippen molar-refractivity contribution in [2.24, 2.45) is 5.92 Å². The Bertz CT molecular complexity index is 1120. The highest BCUT2D eigenvalue weighted by Gasteiger charge is 2.61. The molecule has 2 aliphatic rings. The molecule has 3 unspecified atom stereocenters. The van der Waals surface area contributed by atoms with Crippen molar-refractivity contribution in [2.75, 3.05) is 13.7 Å². The topological polar surface area (TPSA) is 73.6 Å². The molecule has 3 atom stereocenters. The molecule has 6 heteroatoms. The van der Waals surface area contributed by atoms with Gasteiger partial charge in [0.05, 0.1) is 30.4 Å². The van der Waals surface area contributed by atoms with E-state index in [4.69, 9.17) is 9.47 Å². The van der Waals surface area contributed by atoms with Gasteiger partial charge >= 0.3 is 5.97 Å². The van der Waals surface area contributed by atoms with Gasteiger partial charge in [0.15, 0.2) is 6.29 Å². The van der Waals surface area contributed by atoms with Crippen LogP contribution >= 0.6 is 0 Å². The molecule has 1 N–H and O–H groups in total. The molecule has 0 radical (unpaired) electrons. The van der Waals surface area contributed by atoms with Gasteiger partial charge in [-0.05, 0) is 24.6 Å². The van der Waals surface area contributed by atoms with Crippen LogP contribution in [0.3, 0.4) is 0 Å². The zero-order valence-electron chi connectivity index (χ0n) is 15.2. The molecule has 1 aromatic carbocycles. The maximum absolute atomic E-state index is 13.3. The van der Waals surface area contributed by atoms with Crippen LogP contribution in [0.25, 0.3) is 21.8 Å². The molecule has 0 amide bonds. The number of fused-ring (bicyclic) bond motifs is 5. The normalized spacial score (nSPS) is 28.5. The lowest BCUT2D eigenvalue weighted by Crippen LogP contribution is -2.63. The largest absolute Gasteiger partial charge is 0.467 e. The molecule has 6 nitrogen and oxygen atoms in total. The monoisotopic (exact) mass is 364 g/mol. The summed E-state index contributed by atoms with van der Waals surface area (Å²) in [5.41, 5.74) is 2.22. The fraction of sp³-hybridized carbons (Fsp3) is 0.333. The molecular formula is C21H20N2O4. The molecule has 27 heavy (non-hydrogen) atoms. The van der Waals surface area contributed by atoms with Crippen molar-refractivity contribution in [3.05, 3.63) is 53.9 Å². The van der Waals surface area contributed by atoms with Gasteiger partial charge in [-0.3, -0.25) is 4.98 Å². The van der Waals surface area contributed by atoms with Gasteiger partial charge in [-0.25, -0.2) is 4.79 Å². The fourth-order valence-corrected chi connectivity index (χ4v) is 4.90. The fourth-order valence-electron chi connectivity index (χ4n) is 4.90. The lowest BCUT2D eigenvalue weighted by molar-refractivity contribution is -0.214. The van der Waals surface area contributed by atoms with Gasteiger partial charge < -0.3 is 19.1 Å². The van der Waals surface area contributed by atoms with E-state index in [1.54, 1.807) is 0 Å². The molecule has 0 spiro atoms. The average Bonchev–Trinajstić information content (AvgIpc) is 3.05. The lowest BCUT2D eigenvalue weighted by Gasteiger charge is -2.49. The first kappa shape index (κ1) is 16.5. The van der Waals surface area contributed by atoms with E-state index in [0.29, 0.717) is 6.42 Å². The molecule has 138 valence electrons. The number of para-hydroxylation sites is 1. The van der Waals surface area contributed by atoms with Crippen molar-refractivity contribution in [3.63, 3.8) is 0 Å². The van der Waals surface area contributed by atoms with Crippen LogP contribution in [0.5, 0.6) is 0 Å². The van der Waals surface area contributed by atoms with Crippen LogP contribution in [-0.2, 0) is 26.2 Å². The number of benzene rings is 1. The van der Waals surface area contributed by atoms with Crippen LogP contribution in [0.2, 0.25) is 0 Å². The summed E-state index contributed by atoms with van der Waals surface area (Å²) in [6, 6.07) is 9.84. The maximum atomic E-state index is 13.3. The van der Waals surface area contributed by atoms with Crippen LogP contribution in [-0.4, -0.2) is 40.6 Å². The Morgan fingerprint density at radius 1 is 1.37 bits per heavy atom. The summed E-state index contributed by atoms with van der Waals surface area (Å²) in [5, 5.41) is 13.1. The summed E-state index contributed by atoms with van der Waals surface area (Å²) in [5.74, 6) is -0.795. The summed E-state index contributed by atoms with van der Waals surface area (Å²) in [4.78, 5) is 17.9. The Hall–Kier alpha value is -2.70. The van der Waals surface area contributed by atoms with Gasteiger partial charge in [0.25, 0.3) is 0 Å². The van der Waals surface area contributed by atoms with E-state index in [1.165, 1.54) is 7.11 Å². The molecule has 0 aliphatic carbocycles. The number of nitrogens with zero attached hydrogens (tertiary/aromatic N) is 2. The van der Waals surface area contributed by atoms with E-state index < -0.39 is 17.8 Å². The van der Waals surface area contributed by atoms with Crippen molar-refractivity contribution >= 4 is 27.8 Å². The second kappa shape index (κ2) is 5.65. The molecule has 0 bridgehead atoms. The summed E-state index contributed by atoms with van der Waals surface area (Å²) in [7, 11) is 1.35. The number of ether oxygens (including phenoxy) is 2. The number of aliphatic hydroxyl groups is 1. The van der Waals surface area contributed by atoms with Crippen LogP contribution in [0.1, 0.15) is 12.6 Å². The first-order valence-corrected chi connectivity index (χ1v) is 9.05. The molecule has 3 aromatic rings. The zero-order chi connectivity index (χ0) is 18.8. The third kappa shape index (κ3) is 1.86. The Kier molecular flexibility index (Phi) is 3.44. The SMILES string of the molecule is CC=C1COC(O)C2(C(=O)OC)C1Cc1nccc3c4ccccc4n2c13. The quantitative estimate of drug-likeness (QED) is 0.531. The molecule has 2 aromatic heterocycles. The number of hydrogen-bond acceptors (Lipinski definition) is 5. The molecule has 0 saturated carbocycles. The Labute approximate surface area is 156 Å². The third-order valence-electron chi connectivity index (χ3n) is 6.07. The smallest absolute Gasteiger partial charge is 0.338 e. The van der Waals surface area contributed by atoms with Crippen LogP contribution in [0.4, 0.5) is 0 Å². The van der Waals surface area contributed by atoms with Gasteiger partial charge in [-0.2, -0.15) is 0 Å². The Morgan fingerprint density at radius 3 is 2.96 bits per heavy atom. The number of carbonyl (C=O) groups excluding carboxylic acids is 1. The number of rotatable bonds is 1. The number of methoxy groups -OCH3 is 1. The number of hydrogen-bond donors (Lipinski definition) is 1. The molecule has 1 fully saturated rings. The van der Waals surface area contributed by atoms with Gasteiger partial charge in [0, 0.05) is 29.3 Å². The molecule has 5 rings (SSSR count). The number of aromatic nitrogens is 2. The minimum atomic E-state index is -1.38. The van der Waals surface area contributed by atoms with E-state index in [-0.39, 0.29) is 12.5 Å². The summed E-state index contributed by atoms with van der Waals surface area (Å²) in [6.45, 7) is 2.21. The van der Waals surface area contributed by atoms with E-state index in [0.717, 1.165) is 33.1 Å². The number of allylic oxidation sites excluding steroid dienone is 1. The van der Waals surface area contributed by atoms with Crippen molar-refractivity contribution in [1.82, 2.24) is 9.55 Å². The highest BCUT2D eigenvalue weighted by Crippen LogP contribution is 2.50. The molecule has 4 heterocycles. The number of aliphatic hydroxyl groups excluding tert-OH is 1. The van der Waals surface area contributed by atoms with Gasteiger partial charge in [0.2, 0.25) is 5.54 Å². The van der Waals surface area contributed by atoms with E-state index in [2.05, 4.69) is 4.98 Å². The van der Waals surface area contributed by atoms with E-state index >= 15 is 0 Å². The highest BCUT2D eigenvalue weighted by molar-refractivity contribution is 6.10. The van der Waals surface area contributed by atoms with E-state index in [1.807, 2.05) is 54.1 Å². The maximum Gasteiger partial charge on any atom is 0.338 e. The van der Waals surface area contributed by atoms with Crippen molar-refractivity contribution in [2.45, 2.75) is 25.2 Å². The van der Waals surface area contributed by atoms with Crippen LogP contribution < -0.4 is 0 Å². The minimum Gasteiger partial charge on any atom is -0.467 e. The second-order valence-corrected chi connectivity index (χ2v) is 7.11. The van der Waals surface area contributed by atoms with Gasteiger partial charge in [0.1, 0.15) is 0 Å². The van der Waals surface area contributed by atoms with Crippen molar-refractivity contribution in [3.8, 4) is 0 Å². The lowest BCUT2D eigenvalue weighted by atomic mass is 9.71. The molecular weight excluding hydrogens is 344 g/mol. The zero-order valence-corrected chi connectivity index (χ0v) is 15.2. The Morgan fingerprint density at radius 2 is 2.19 bits per heavy atom. The van der Waals surface area contributed by atoms with Crippen molar-refractivity contribution < 1.29 is 19.4 Å². The highest BCUT2D eigenvalue weighted by atomic mass is 16.6. The first-order chi connectivity index (χ1) is 13.1. The van der Waals surface area contributed by atoms with E-state index in [9.17, 15) is 9.90 Å². The van der Waals surface area contributed by atoms with Crippen molar-refractivity contribution in [1.29, 1.82) is 0 Å². The third-order valence-corrected chi connectivity index (χ3v) is 6.07. The molecule has 2 aliphatic heterocycles. The average molecular weight is 364 g/mol. The Balaban J connectivity index is 2.00. The van der Waals surface area contributed by atoms with Gasteiger partial charge in [-0.1, -0.05) is 24.3 Å². The summed E-state index contributed by atoms with van der Waals surface area (Å²) in [6.07, 6.45) is 3.00. The minimum absolute atomic E-state index is 0.283. The molecule has 1 saturated heterocycles. The van der Waals surface area contributed by atoms with Crippen LogP contribution in [0.15, 0.2) is 48.2 Å². The summed E-state index contributed by atoms with van der Waals surface area (Å²) < 4.78 is 12.8. The predicted octanol–water partition coefficient (Wildman–Crippen LogP) is 2.53. The first-order valence-electron chi connectivity index (χ1n) is 9.05. The van der Waals surface area contributed by atoms with Gasteiger partial charge in [-0.15, -0.1) is 0 Å². The number of carbonyl (C=O) groups is 1. The van der Waals surface area contributed by atoms with Crippen LogP contribution in [0, 0.1) is 5.92 Å². The number of pyridine rings is 1. The predicted molar refractivity (Wildman–Crippen MR) is 100 cm³/mol. The summed E-state index contributed by atoms with van der Waals surface area (Å²) >= 11 is 0.